The number of rotatable bonds is 6. The van der Waals surface area contributed by atoms with Gasteiger partial charge in [0.05, 0.1) is 29.5 Å². The van der Waals surface area contributed by atoms with Crippen molar-refractivity contribution in [2.24, 2.45) is 0 Å². The molecule has 29 heavy (non-hydrogen) atoms. The van der Waals surface area contributed by atoms with Crippen LogP contribution in [0.2, 0.25) is 0 Å². The maximum atomic E-state index is 12.6. The van der Waals surface area contributed by atoms with Crippen LogP contribution in [0.15, 0.2) is 65.9 Å². The van der Waals surface area contributed by atoms with E-state index in [1.165, 1.54) is 0 Å². The van der Waals surface area contributed by atoms with Crippen molar-refractivity contribution < 1.29 is 23.9 Å². The van der Waals surface area contributed by atoms with E-state index in [1.54, 1.807) is 37.3 Å². The lowest BCUT2D eigenvalue weighted by Gasteiger charge is -2.29. The van der Waals surface area contributed by atoms with Gasteiger partial charge in [0.1, 0.15) is 6.61 Å². The molecular weight excluding hydrogens is 372 g/mol. The Bertz CT molecular complexity index is 953. The van der Waals surface area contributed by atoms with Crippen LogP contribution in [0.25, 0.3) is 0 Å². The molecule has 0 aromatic heterocycles. The van der Waals surface area contributed by atoms with Crippen LogP contribution in [0, 0.1) is 6.92 Å². The van der Waals surface area contributed by atoms with Crippen molar-refractivity contribution in [3.8, 4) is 0 Å². The van der Waals surface area contributed by atoms with Gasteiger partial charge in [0, 0.05) is 0 Å². The van der Waals surface area contributed by atoms with E-state index < -0.39 is 24.0 Å². The monoisotopic (exact) mass is 394 g/mol. The van der Waals surface area contributed by atoms with Gasteiger partial charge < -0.3 is 20.1 Å². The molecule has 0 aliphatic carbocycles. The van der Waals surface area contributed by atoms with Crippen LogP contribution in [0.4, 0.5) is 4.79 Å². The third kappa shape index (κ3) is 4.82. The van der Waals surface area contributed by atoms with Crippen molar-refractivity contribution in [1.82, 2.24) is 10.6 Å². The molecule has 3 rings (SSSR count). The lowest BCUT2D eigenvalue weighted by Crippen LogP contribution is -2.47. The van der Waals surface area contributed by atoms with E-state index in [9.17, 15) is 14.4 Å². The van der Waals surface area contributed by atoms with Gasteiger partial charge in [-0.25, -0.2) is 14.4 Å². The summed E-state index contributed by atoms with van der Waals surface area (Å²) in [5.74, 6) is -1.14. The third-order valence-corrected chi connectivity index (χ3v) is 4.38. The highest BCUT2D eigenvalue weighted by molar-refractivity contribution is 5.95. The van der Waals surface area contributed by atoms with Crippen LogP contribution in [-0.2, 0) is 14.3 Å². The zero-order chi connectivity index (χ0) is 20.8. The normalized spacial score (nSPS) is 15.9. The fourth-order valence-corrected chi connectivity index (χ4v) is 3.07. The highest BCUT2D eigenvalue weighted by atomic mass is 16.5. The van der Waals surface area contributed by atoms with Crippen LogP contribution in [-0.4, -0.2) is 31.2 Å². The van der Waals surface area contributed by atoms with Crippen LogP contribution in [0.1, 0.15) is 34.5 Å². The van der Waals surface area contributed by atoms with Gasteiger partial charge >= 0.3 is 18.0 Å². The molecule has 0 saturated heterocycles. The average molecular weight is 394 g/mol. The van der Waals surface area contributed by atoms with Crippen LogP contribution >= 0.6 is 0 Å². The Balaban J connectivity index is 1.91. The van der Waals surface area contributed by atoms with Gasteiger partial charge in [0.15, 0.2) is 0 Å². The largest absolute Gasteiger partial charge is 0.463 e. The number of hydrogen-bond acceptors (Lipinski definition) is 5. The summed E-state index contributed by atoms with van der Waals surface area (Å²) in [7, 11) is 0. The second kappa shape index (κ2) is 9.05. The van der Waals surface area contributed by atoms with E-state index in [-0.39, 0.29) is 24.5 Å². The van der Waals surface area contributed by atoms with Gasteiger partial charge in [-0.2, -0.15) is 0 Å². The second-order valence-electron chi connectivity index (χ2n) is 6.50. The number of carbonyl (C=O) groups is 3. The van der Waals surface area contributed by atoms with E-state index >= 15 is 0 Å². The van der Waals surface area contributed by atoms with Crippen LogP contribution < -0.4 is 10.6 Å². The maximum absolute atomic E-state index is 12.6. The fourth-order valence-electron chi connectivity index (χ4n) is 3.07. The highest BCUT2D eigenvalue weighted by Crippen LogP contribution is 2.28. The molecular formula is C22H22N2O5. The highest BCUT2D eigenvalue weighted by Gasteiger charge is 2.34. The standard InChI is InChI=1S/C22H22N2O5/c1-3-28-21(26)18-17(13-29-20(25)16-11-7-8-14(2)12-16)23-22(27)24-19(18)15-9-5-4-6-10-15/h4-12,19H,3,13H2,1-2H3,(H2,23,24,27)/t19-/m1/s1. The zero-order valence-corrected chi connectivity index (χ0v) is 16.2. The van der Waals surface area contributed by atoms with Gasteiger partial charge in [-0.1, -0.05) is 48.0 Å². The first kappa shape index (κ1) is 20.1. The molecule has 1 aliphatic rings. The molecule has 0 fully saturated rings. The van der Waals surface area contributed by atoms with Crippen molar-refractivity contribution in [1.29, 1.82) is 0 Å². The third-order valence-electron chi connectivity index (χ3n) is 4.38. The zero-order valence-electron chi connectivity index (χ0n) is 16.2. The summed E-state index contributed by atoms with van der Waals surface area (Å²) in [6, 6.07) is 14.8. The molecule has 1 aliphatic heterocycles. The topological polar surface area (TPSA) is 93.7 Å². The molecule has 150 valence electrons. The fraction of sp³-hybridized carbons (Fsp3) is 0.227. The predicted molar refractivity (Wildman–Crippen MR) is 106 cm³/mol. The summed E-state index contributed by atoms with van der Waals surface area (Å²) in [5, 5.41) is 5.30. The van der Waals surface area contributed by atoms with Crippen molar-refractivity contribution in [3.05, 3.63) is 82.6 Å². The summed E-state index contributed by atoms with van der Waals surface area (Å²) in [4.78, 5) is 37.2. The number of nitrogens with one attached hydrogen (secondary N) is 2. The smallest absolute Gasteiger partial charge is 0.338 e. The summed E-state index contributed by atoms with van der Waals surface area (Å²) < 4.78 is 10.5. The summed E-state index contributed by atoms with van der Waals surface area (Å²) in [6.07, 6.45) is 0. The Kier molecular flexibility index (Phi) is 6.29. The molecule has 7 nitrogen and oxygen atoms in total. The number of ether oxygens (including phenoxy) is 2. The number of esters is 2. The van der Waals surface area contributed by atoms with Crippen molar-refractivity contribution in [2.75, 3.05) is 13.2 Å². The van der Waals surface area contributed by atoms with E-state index in [1.807, 2.05) is 31.2 Å². The van der Waals surface area contributed by atoms with Crippen molar-refractivity contribution in [2.45, 2.75) is 19.9 Å². The van der Waals surface area contributed by atoms with E-state index in [4.69, 9.17) is 9.47 Å². The Morgan fingerprint density at radius 1 is 1.00 bits per heavy atom. The average Bonchev–Trinajstić information content (AvgIpc) is 2.72. The minimum atomic E-state index is -0.711. The van der Waals surface area contributed by atoms with Crippen molar-refractivity contribution >= 4 is 18.0 Å². The van der Waals surface area contributed by atoms with Crippen LogP contribution in [0.5, 0.6) is 0 Å². The lowest BCUT2D eigenvalue weighted by atomic mass is 9.95. The maximum Gasteiger partial charge on any atom is 0.338 e. The van der Waals surface area contributed by atoms with Crippen molar-refractivity contribution in [3.63, 3.8) is 0 Å². The number of amides is 2. The molecule has 7 heteroatoms. The Labute approximate surface area is 168 Å². The van der Waals surface area contributed by atoms with E-state index in [2.05, 4.69) is 10.6 Å². The van der Waals surface area contributed by atoms with Gasteiger partial charge in [-0.3, -0.25) is 0 Å². The Morgan fingerprint density at radius 3 is 2.45 bits per heavy atom. The quantitative estimate of drug-likeness (QED) is 0.735. The van der Waals surface area contributed by atoms with Gasteiger partial charge in [-0.15, -0.1) is 0 Å². The minimum absolute atomic E-state index is 0.175. The first-order valence-corrected chi connectivity index (χ1v) is 9.26. The molecule has 2 N–H and O–H groups in total. The summed E-state index contributed by atoms with van der Waals surface area (Å²) in [5.41, 5.74) is 2.43. The number of benzene rings is 2. The molecule has 1 heterocycles. The molecule has 2 amide bonds. The minimum Gasteiger partial charge on any atom is -0.463 e. The molecule has 2 aromatic rings. The van der Waals surface area contributed by atoms with Gasteiger partial charge in [-0.05, 0) is 31.5 Å². The molecule has 1 atom stereocenters. The number of hydrogen-bond donors (Lipinski definition) is 2. The first-order valence-electron chi connectivity index (χ1n) is 9.26. The molecule has 0 radical (unpaired) electrons. The number of aryl methyl sites for hydroxylation is 1. The van der Waals surface area contributed by atoms with E-state index in [0.717, 1.165) is 5.56 Å². The number of carbonyl (C=O) groups excluding carboxylic acids is 3. The summed E-state index contributed by atoms with van der Waals surface area (Å²) in [6.45, 7) is 3.48. The summed E-state index contributed by atoms with van der Waals surface area (Å²) >= 11 is 0. The second-order valence-corrected chi connectivity index (χ2v) is 6.50. The predicted octanol–water partition coefficient (Wildman–Crippen LogP) is 3.02. The Hall–Kier alpha value is -3.61. The van der Waals surface area contributed by atoms with Gasteiger partial charge in [0.25, 0.3) is 0 Å². The molecule has 0 spiro atoms. The Morgan fingerprint density at radius 2 is 1.76 bits per heavy atom. The van der Waals surface area contributed by atoms with Crippen LogP contribution in [0.3, 0.4) is 0 Å². The lowest BCUT2D eigenvalue weighted by molar-refractivity contribution is -0.139. The first-order chi connectivity index (χ1) is 14.0. The molecule has 0 saturated carbocycles. The van der Waals surface area contributed by atoms with Gasteiger partial charge in [0.2, 0.25) is 0 Å². The molecule has 0 unspecified atom stereocenters. The molecule has 0 bridgehead atoms. The SMILES string of the molecule is CCOC(=O)C1=C(COC(=O)c2cccc(C)c2)NC(=O)N[C@@H]1c1ccccc1. The number of urea groups is 1. The van der Waals surface area contributed by atoms with E-state index in [0.29, 0.717) is 11.1 Å². The molecule has 2 aromatic carbocycles.